The van der Waals surface area contributed by atoms with E-state index in [9.17, 15) is 4.79 Å². The zero-order valence-corrected chi connectivity index (χ0v) is 19.0. The molecule has 0 unspecified atom stereocenters. The molecule has 170 valence electrons. The van der Waals surface area contributed by atoms with Gasteiger partial charge >= 0.3 is 0 Å². The Morgan fingerprint density at radius 2 is 1.91 bits per heavy atom. The van der Waals surface area contributed by atoms with Gasteiger partial charge in [0.15, 0.2) is 5.69 Å². The zero-order chi connectivity index (χ0) is 23.3. The molecule has 0 saturated carbocycles. The number of anilines is 1. The first-order chi connectivity index (χ1) is 15.2. The lowest BCUT2D eigenvalue weighted by Crippen LogP contribution is -2.27. The molecule has 0 fully saturated rings. The van der Waals surface area contributed by atoms with Crippen molar-refractivity contribution in [2.45, 2.75) is 46.6 Å². The lowest BCUT2D eigenvalue weighted by molar-refractivity contribution is 0.0948. The number of nitrogen functional groups attached to an aromatic ring is 1. The first kappa shape index (κ1) is 23.1. The van der Waals surface area contributed by atoms with Gasteiger partial charge in [0, 0.05) is 6.54 Å². The first-order valence-electron chi connectivity index (χ1n) is 10.4. The molecule has 11 nitrogen and oxygen atoms in total. The number of rotatable bonds is 8. The number of nitrogens with zero attached hydrogens (tertiary/aromatic N) is 7. The molecule has 3 N–H and O–H groups in total. The molecule has 0 aliphatic heterocycles. The van der Waals surface area contributed by atoms with Gasteiger partial charge in [-0.25, -0.2) is 10.1 Å². The van der Waals surface area contributed by atoms with Gasteiger partial charge in [0.05, 0.1) is 11.9 Å². The Hall–Kier alpha value is -3.60. The Morgan fingerprint density at radius 3 is 2.47 bits per heavy atom. The minimum absolute atomic E-state index is 0.0550. The average molecular weight is 440 g/mol. The van der Waals surface area contributed by atoms with Crippen LogP contribution >= 0.6 is 0 Å². The van der Waals surface area contributed by atoms with Crippen LogP contribution in [0, 0.1) is 0 Å². The highest BCUT2D eigenvalue weighted by Gasteiger charge is 2.25. The van der Waals surface area contributed by atoms with E-state index >= 15 is 0 Å². The summed E-state index contributed by atoms with van der Waals surface area (Å²) in [7, 11) is 0. The minimum atomic E-state index is -0.490. The zero-order valence-electron chi connectivity index (χ0n) is 19.0. The summed E-state index contributed by atoms with van der Waals surface area (Å²) in [5, 5.41) is 19.5. The third-order valence-electron chi connectivity index (χ3n) is 5.10. The van der Waals surface area contributed by atoms with Gasteiger partial charge in [0.25, 0.3) is 5.91 Å². The number of hydrazone groups is 1. The van der Waals surface area contributed by atoms with Crippen LogP contribution in [0.15, 0.2) is 34.0 Å². The van der Waals surface area contributed by atoms with Crippen LogP contribution in [-0.2, 0) is 12.0 Å². The Bertz CT molecular complexity index is 1070. The van der Waals surface area contributed by atoms with E-state index in [-0.39, 0.29) is 22.7 Å². The van der Waals surface area contributed by atoms with Crippen molar-refractivity contribution >= 4 is 17.9 Å². The molecule has 3 rings (SSSR count). The van der Waals surface area contributed by atoms with Crippen LogP contribution in [0.1, 0.15) is 61.9 Å². The second-order valence-corrected chi connectivity index (χ2v) is 8.30. The van der Waals surface area contributed by atoms with Crippen molar-refractivity contribution < 1.29 is 9.42 Å². The number of hydrogen-bond donors (Lipinski definition) is 2. The second kappa shape index (κ2) is 9.69. The maximum Gasteiger partial charge on any atom is 0.293 e. The molecule has 32 heavy (non-hydrogen) atoms. The third kappa shape index (κ3) is 5.17. The number of nitrogens with one attached hydrogen (secondary N) is 1. The van der Waals surface area contributed by atoms with Crippen molar-refractivity contribution in [3.63, 3.8) is 0 Å². The topological polar surface area (TPSA) is 140 Å². The standard InChI is InChI=1S/C21H29N9O2/c1-6-29(7-2)13-16-17(24-28-30(16)19-18(22)26-32-27-19)20(31)25-23-12-14-8-10-15(11-9-14)21(3,4)5/h8-12H,6-7,13H2,1-5H3,(H2,22,26)(H,25,31)/b23-12-. The van der Waals surface area contributed by atoms with E-state index in [1.54, 1.807) is 6.21 Å². The molecular formula is C21H29N9O2. The fourth-order valence-electron chi connectivity index (χ4n) is 3.07. The Balaban J connectivity index is 1.80. The number of amides is 1. The van der Waals surface area contributed by atoms with E-state index in [4.69, 9.17) is 5.73 Å². The Morgan fingerprint density at radius 1 is 1.22 bits per heavy atom. The molecule has 0 aliphatic rings. The predicted molar refractivity (Wildman–Crippen MR) is 120 cm³/mol. The monoisotopic (exact) mass is 439 g/mol. The van der Waals surface area contributed by atoms with Crippen molar-refractivity contribution in [1.82, 2.24) is 35.6 Å². The summed E-state index contributed by atoms with van der Waals surface area (Å²) in [5.41, 5.74) is 11.1. The van der Waals surface area contributed by atoms with Gasteiger partial charge < -0.3 is 5.73 Å². The first-order valence-corrected chi connectivity index (χ1v) is 10.4. The normalized spacial score (nSPS) is 12.1. The third-order valence-corrected chi connectivity index (χ3v) is 5.10. The van der Waals surface area contributed by atoms with Crippen LogP contribution in [0.2, 0.25) is 0 Å². The molecule has 1 aromatic carbocycles. The largest absolute Gasteiger partial charge is 0.378 e. The van der Waals surface area contributed by atoms with Gasteiger partial charge in [0.2, 0.25) is 11.6 Å². The number of carbonyl (C=O) groups is 1. The Kier molecular flexibility index (Phi) is 6.98. The van der Waals surface area contributed by atoms with E-state index in [2.05, 4.69) is 61.5 Å². The summed E-state index contributed by atoms with van der Waals surface area (Å²) >= 11 is 0. The van der Waals surface area contributed by atoms with Crippen LogP contribution in [-0.4, -0.2) is 55.4 Å². The second-order valence-electron chi connectivity index (χ2n) is 8.30. The SMILES string of the molecule is CCN(CC)Cc1c(C(=O)N/N=C\c2ccc(C(C)(C)C)cc2)nnn1-c1nonc1N. The van der Waals surface area contributed by atoms with Gasteiger partial charge in [0.1, 0.15) is 0 Å². The number of nitrogens with two attached hydrogens (primary N) is 1. The van der Waals surface area contributed by atoms with E-state index in [0.29, 0.717) is 12.2 Å². The maximum absolute atomic E-state index is 12.8. The summed E-state index contributed by atoms with van der Waals surface area (Å²) in [6.45, 7) is 12.5. The van der Waals surface area contributed by atoms with Crippen molar-refractivity contribution in [2.24, 2.45) is 5.10 Å². The van der Waals surface area contributed by atoms with Crippen LogP contribution in [0.3, 0.4) is 0 Å². The molecule has 0 saturated heterocycles. The summed E-state index contributed by atoms with van der Waals surface area (Å²) in [5.74, 6) is -0.253. The fraction of sp³-hybridized carbons (Fsp3) is 0.429. The van der Waals surface area contributed by atoms with Gasteiger partial charge in [-0.15, -0.1) is 5.10 Å². The van der Waals surface area contributed by atoms with E-state index in [1.807, 2.05) is 38.1 Å². The number of hydrogen-bond acceptors (Lipinski definition) is 9. The molecule has 1 amide bonds. The fourth-order valence-corrected chi connectivity index (χ4v) is 3.07. The number of carbonyl (C=O) groups excluding carboxylic acids is 1. The predicted octanol–water partition coefficient (Wildman–Crippen LogP) is 2.14. The maximum atomic E-state index is 12.8. The van der Waals surface area contributed by atoms with Crippen LogP contribution < -0.4 is 11.2 Å². The Labute approximate surface area is 186 Å². The van der Waals surface area contributed by atoms with Gasteiger partial charge in [-0.3, -0.25) is 9.69 Å². The van der Waals surface area contributed by atoms with E-state index < -0.39 is 5.91 Å². The van der Waals surface area contributed by atoms with Crippen molar-refractivity contribution in [2.75, 3.05) is 18.8 Å². The molecule has 0 bridgehead atoms. The summed E-state index contributed by atoms with van der Waals surface area (Å²) in [6.07, 6.45) is 1.58. The van der Waals surface area contributed by atoms with Crippen LogP contribution in [0.5, 0.6) is 0 Å². The molecule has 11 heteroatoms. The van der Waals surface area contributed by atoms with Gasteiger partial charge in [-0.05, 0) is 39.9 Å². The molecule has 0 radical (unpaired) electrons. The van der Waals surface area contributed by atoms with Gasteiger partial charge in [-0.1, -0.05) is 64.1 Å². The van der Waals surface area contributed by atoms with Crippen molar-refractivity contribution in [3.05, 3.63) is 46.8 Å². The quantitative estimate of drug-likeness (QED) is 0.402. The molecule has 0 aliphatic carbocycles. The van der Waals surface area contributed by atoms with Crippen molar-refractivity contribution in [3.8, 4) is 5.82 Å². The minimum Gasteiger partial charge on any atom is -0.378 e. The highest BCUT2D eigenvalue weighted by molar-refractivity contribution is 5.94. The highest BCUT2D eigenvalue weighted by atomic mass is 16.6. The summed E-state index contributed by atoms with van der Waals surface area (Å²) < 4.78 is 6.04. The molecule has 0 spiro atoms. The summed E-state index contributed by atoms with van der Waals surface area (Å²) in [4.78, 5) is 14.9. The molecule has 0 atom stereocenters. The lowest BCUT2D eigenvalue weighted by Gasteiger charge is -2.18. The number of benzene rings is 1. The molecular weight excluding hydrogens is 410 g/mol. The molecule has 2 heterocycles. The molecule has 3 aromatic rings. The van der Waals surface area contributed by atoms with Crippen molar-refractivity contribution in [1.29, 1.82) is 0 Å². The summed E-state index contributed by atoms with van der Waals surface area (Å²) in [6, 6.07) is 8.01. The molecule has 2 aromatic heterocycles. The van der Waals surface area contributed by atoms with E-state index in [0.717, 1.165) is 18.7 Å². The van der Waals surface area contributed by atoms with Crippen LogP contribution in [0.25, 0.3) is 5.82 Å². The lowest BCUT2D eigenvalue weighted by atomic mass is 9.87. The highest BCUT2D eigenvalue weighted by Crippen LogP contribution is 2.22. The average Bonchev–Trinajstić information content (AvgIpc) is 3.37. The van der Waals surface area contributed by atoms with Gasteiger partial charge in [-0.2, -0.15) is 9.78 Å². The van der Waals surface area contributed by atoms with E-state index in [1.165, 1.54) is 10.2 Å². The smallest absolute Gasteiger partial charge is 0.293 e. The van der Waals surface area contributed by atoms with Crippen LogP contribution in [0.4, 0.5) is 5.82 Å². The number of aromatic nitrogens is 5.